The van der Waals surface area contributed by atoms with E-state index in [9.17, 15) is 10.0 Å². The van der Waals surface area contributed by atoms with Crippen LogP contribution in [0.1, 0.15) is 33.5 Å². The van der Waals surface area contributed by atoms with Gasteiger partial charge in [0.2, 0.25) is 0 Å². The third kappa shape index (κ3) is 5.38. The van der Waals surface area contributed by atoms with Crippen LogP contribution in [0.2, 0.25) is 0 Å². The Kier molecular flexibility index (Phi) is 7.13. The zero-order valence-corrected chi connectivity index (χ0v) is 19.0. The average Bonchev–Trinajstić information content (AvgIpc) is 2.88. The predicted octanol–water partition coefficient (Wildman–Crippen LogP) is 6.43. The van der Waals surface area contributed by atoms with Crippen molar-refractivity contribution in [2.45, 2.75) is 26.2 Å². The first-order valence-electron chi connectivity index (χ1n) is 11.2. The Morgan fingerprint density at radius 1 is 0.853 bits per heavy atom. The lowest BCUT2D eigenvalue weighted by Gasteiger charge is -2.12. The summed E-state index contributed by atoms with van der Waals surface area (Å²) in [6.45, 7) is 2.10. The van der Waals surface area contributed by atoms with E-state index in [0.29, 0.717) is 12.8 Å². The Hall–Kier alpha value is -4.25. The summed E-state index contributed by atoms with van der Waals surface area (Å²) in [5, 5.41) is 22.3. The molecule has 0 aliphatic carbocycles. The minimum Gasteiger partial charge on any atom is -0.478 e. The van der Waals surface area contributed by atoms with Gasteiger partial charge in [-0.3, -0.25) is 4.98 Å². The third-order valence-corrected chi connectivity index (χ3v) is 6.09. The van der Waals surface area contributed by atoms with Gasteiger partial charge >= 0.3 is 5.97 Å². The van der Waals surface area contributed by atoms with Crippen molar-refractivity contribution in [3.8, 4) is 22.3 Å². The summed E-state index contributed by atoms with van der Waals surface area (Å²) in [5.74, 6) is -0.928. The van der Waals surface area contributed by atoms with Gasteiger partial charge in [0.05, 0.1) is 11.3 Å². The summed E-state index contributed by atoms with van der Waals surface area (Å²) in [7, 11) is 0. The van der Waals surface area contributed by atoms with Gasteiger partial charge in [0.15, 0.2) is 0 Å². The second-order valence-corrected chi connectivity index (χ2v) is 8.25. The molecule has 0 amide bonds. The number of pyridine rings is 1. The van der Waals surface area contributed by atoms with Crippen LogP contribution < -0.4 is 0 Å². The zero-order valence-electron chi connectivity index (χ0n) is 19.0. The number of benzene rings is 3. The minimum atomic E-state index is -0.928. The SMILES string of the molecule is Cc1c(C/C(CCc2ccc(-c3ccc(C(=O)O)cc3)cc2)=N\O)cccc1-c1ccncc1. The Morgan fingerprint density at radius 3 is 2.12 bits per heavy atom. The number of hydrogen-bond donors (Lipinski definition) is 2. The monoisotopic (exact) mass is 450 g/mol. The van der Waals surface area contributed by atoms with E-state index >= 15 is 0 Å². The van der Waals surface area contributed by atoms with E-state index in [1.807, 2.05) is 42.5 Å². The highest BCUT2D eigenvalue weighted by Gasteiger charge is 2.10. The highest BCUT2D eigenvalue weighted by atomic mass is 16.4. The summed E-state index contributed by atoms with van der Waals surface area (Å²) in [6, 6.07) is 25.2. The van der Waals surface area contributed by atoms with Crippen LogP contribution in [0, 0.1) is 6.92 Å². The number of nitrogens with zero attached hydrogens (tertiary/aromatic N) is 2. The number of rotatable bonds is 8. The lowest BCUT2D eigenvalue weighted by Crippen LogP contribution is -2.07. The molecule has 0 fully saturated rings. The van der Waals surface area contributed by atoms with Crippen LogP contribution >= 0.6 is 0 Å². The topological polar surface area (TPSA) is 82.8 Å². The number of aromatic carboxylic acids is 1. The van der Waals surface area contributed by atoms with Gasteiger partial charge in [-0.2, -0.15) is 0 Å². The largest absolute Gasteiger partial charge is 0.478 e. The zero-order chi connectivity index (χ0) is 23.9. The number of oxime groups is 1. The molecule has 0 aliphatic rings. The molecule has 5 heteroatoms. The maximum Gasteiger partial charge on any atom is 0.335 e. The molecule has 34 heavy (non-hydrogen) atoms. The van der Waals surface area contributed by atoms with Crippen molar-refractivity contribution in [2.75, 3.05) is 0 Å². The van der Waals surface area contributed by atoms with Crippen molar-refractivity contribution < 1.29 is 15.1 Å². The lowest BCUT2D eigenvalue weighted by atomic mass is 9.93. The number of carboxylic acid groups (broad SMARTS) is 1. The summed E-state index contributed by atoms with van der Waals surface area (Å²) < 4.78 is 0. The molecular weight excluding hydrogens is 424 g/mol. The van der Waals surface area contributed by atoms with Crippen LogP contribution in [-0.2, 0) is 12.8 Å². The van der Waals surface area contributed by atoms with E-state index in [4.69, 9.17) is 5.11 Å². The predicted molar refractivity (Wildman–Crippen MR) is 134 cm³/mol. The maximum absolute atomic E-state index is 11.0. The maximum atomic E-state index is 11.0. The Bertz CT molecular complexity index is 1300. The van der Waals surface area contributed by atoms with Crippen molar-refractivity contribution in [1.29, 1.82) is 0 Å². The quantitative estimate of drug-likeness (QED) is 0.184. The smallest absolute Gasteiger partial charge is 0.335 e. The van der Waals surface area contributed by atoms with Crippen LogP contribution in [0.25, 0.3) is 22.3 Å². The van der Waals surface area contributed by atoms with E-state index in [0.717, 1.165) is 45.5 Å². The van der Waals surface area contributed by atoms with Gasteiger partial charge in [0, 0.05) is 18.8 Å². The first-order chi connectivity index (χ1) is 16.5. The molecule has 1 heterocycles. The highest BCUT2D eigenvalue weighted by Crippen LogP contribution is 2.26. The molecule has 0 atom stereocenters. The number of hydrogen-bond acceptors (Lipinski definition) is 4. The summed E-state index contributed by atoms with van der Waals surface area (Å²) >= 11 is 0. The first-order valence-corrected chi connectivity index (χ1v) is 11.2. The molecule has 3 aromatic carbocycles. The van der Waals surface area contributed by atoms with E-state index in [2.05, 4.69) is 41.3 Å². The second-order valence-electron chi connectivity index (χ2n) is 8.25. The van der Waals surface area contributed by atoms with E-state index in [-0.39, 0.29) is 5.56 Å². The van der Waals surface area contributed by atoms with Gasteiger partial charge in [0.25, 0.3) is 0 Å². The fourth-order valence-corrected chi connectivity index (χ4v) is 4.07. The van der Waals surface area contributed by atoms with Crippen molar-refractivity contribution in [3.63, 3.8) is 0 Å². The molecule has 4 rings (SSSR count). The van der Waals surface area contributed by atoms with Gasteiger partial charge in [-0.15, -0.1) is 0 Å². The molecule has 0 aliphatic heterocycles. The van der Waals surface area contributed by atoms with Crippen LogP contribution in [0.4, 0.5) is 0 Å². The van der Waals surface area contributed by atoms with Crippen LogP contribution in [-0.4, -0.2) is 27.0 Å². The van der Waals surface area contributed by atoms with Crippen molar-refractivity contribution in [2.24, 2.45) is 5.16 Å². The second kappa shape index (κ2) is 10.6. The van der Waals surface area contributed by atoms with Crippen LogP contribution in [0.5, 0.6) is 0 Å². The van der Waals surface area contributed by atoms with E-state index < -0.39 is 5.97 Å². The summed E-state index contributed by atoms with van der Waals surface area (Å²) in [5.41, 5.74) is 8.75. The van der Waals surface area contributed by atoms with Gasteiger partial charge in [0.1, 0.15) is 0 Å². The number of aromatic nitrogens is 1. The van der Waals surface area contributed by atoms with Gasteiger partial charge < -0.3 is 10.3 Å². The first kappa shape index (κ1) is 22.9. The van der Waals surface area contributed by atoms with Crippen LogP contribution in [0.3, 0.4) is 0 Å². The van der Waals surface area contributed by atoms with E-state index in [1.165, 1.54) is 5.56 Å². The molecule has 0 saturated carbocycles. The average molecular weight is 451 g/mol. The van der Waals surface area contributed by atoms with Gasteiger partial charge in [-0.05, 0) is 83.0 Å². The van der Waals surface area contributed by atoms with Gasteiger partial charge in [-0.25, -0.2) is 4.79 Å². The Balaban J connectivity index is 1.41. The van der Waals surface area contributed by atoms with E-state index in [1.54, 1.807) is 24.5 Å². The Morgan fingerprint density at radius 2 is 1.50 bits per heavy atom. The Labute approximate surface area is 199 Å². The van der Waals surface area contributed by atoms with Crippen molar-refractivity contribution in [1.82, 2.24) is 4.98 Å². The molecular formula is C29H26N2O3. The van der Waals surface area contributed by atoms with Gasteiger partial charge in [-0.1, -0.05) is 59.8 Å². The van der Waals surface area contributed by atoms with Crippen molar-refractivity contribution >= 4 is 11.7 Å². The highest BCUT2D eigenvalue weighted by molar-refractivity contribution is 5.88. The number of carboxylic acids is 1. The molecule has 0 bridgehead atoms. The fraction of sp³-hybridized carbons (Fsp3) is 0.138. The molecule has 0 radical (unpaired) electrons. The summed E-state index contributed by atoms with van der Waals surface area (Å²) in [6.07, 6.45) is 5.59. The minimum absolute atomic E-state index is 0.276. The lowest BCUT2D eigenvalue weighted by molar-refractivity contribution is 0.0697. The van der Waals surface area contributed by atoms with Crippen LogP contribution in [0.15, 0.2) is 96.4 Å². The van der Waals surface area contributed by atoms with Crippen molar-refractivity contribution in [3.05, 3.63) is 114 Å². The third-order valence-electron chi connectivity index (χ3n) is 6.09. The molecule has 4 aromatic rings. The standard InChI is InChI=1S/C29H26N2O3/c1-20-26(3-2-4-28(20)24-15-17-30-18-16-24)19-27(31-34)14-7-21-5-8-22(9-6-21)23-10-12-25(13-11-23)29(32)33/h2-6,8-13,15-18,34H,7,14,19H2,1H3,(H,32,33)/b31-27-. The number of aryl methyl sites for hydroxylation is 1. The molecule has 5 nitrogen and oxygen atoms in total. The number of carbonyl (C=O) groups is 1. The molecule has 0 unspecified atom stereocenters. The molecule has 0 saturated heterocycles. The normalized spacial score (nSPS) is 11.4. The molecule has 2 N–H and O–H groups in total. The summed E-state index contributed by atoms with van der Waals surface area (Å²) in [4.78, 5) is 15.1. The molecule has 0 spiro atoms. The fourth-order valence-electron chi connectivity index (χ4n) is 4.07. The molecule has 1 aromatic heterocycles. The molecule has 170 valence electrons.